The molecule has 5 heteroatoms. The van der Waals surface area contributed by atoms with Gasteiger partial charge >= 0.3 is 0 Å². The summed E-state index contributed by atoms with van der Waals surface area (Å²) < 4.78 is 1.81. The lowest BCUT2D eigenvalue weighted by Gasteiger charge is -2.06. The summed E-state index contributed by atoms with van der Waals surface area (Å²) in [6.45, 7) is 4.11. The molecule has 0 saturated carbocycles. The average Bonchev–Trinajstić information content (AvgIpc) is 3.33. The van der Waals surface area contributed by atoms with E-state index in [9.17, 15) is 5.11 Å². The number of hydrogen-bond acceptors (Lipinski definition) is 4. The SMILES string of the molecule is Cc1cccc(C)c1N=c1sc(C=C2C=Nc3ccccc32)c(O)n1-c1ccccc1. The molecule has 0 spiro atoms. The lowest BCUT2D eigenvalue weighted by Crippen LogP contribution is -2.12. The summed E-state index contributed by atoms with van der Waals surface area (Å²) in [6.07, 6.45) is 3.83. The average molecular weight is 424 g/mol. The van der Waals surface area contributed by atoms with Crippen LogP contribution < -0.4 is 4.80 Å². The molecule has 0 bridgehead atoms. The number of hydrogen-bond donors (Lipinski definition) is 1. The molecule has 0 saturated heterocycles. The minimum atomic E-state index is 0.173. The summed E-state index contributed by atoms with van der Waals surface area (Å²) in [4.78, 5) is 10.9. The van der Waals surface area contributed by atoms with Gasteiger partial charge in [-0.25, -0.2) is 4.99 Å². The van der Waals surface area contributed by atoms with Crippen LogP contribution in [0.25, 0.3) is 17.3 Å². The van der Waals surface area contributed by atoms with Gasteiger partial charge in [-0.3, -0.25) is 9.56 Å². The highest BCUT2D eigenvalue weighted by atomic mass is 32.1. The lowest BCUT2D eigenvalue weighted by molar-refractivity contribution is 0.439. The topological polar surface area (TPSA) is 49.9 Å². The molecule has 0 amide bonds. The van der Waals surface area contributed by atoms with Gasteiger partial charge in [-0.2, -0.15) is 0 Å². The van der Waals surface area contributed by atoms with Crippen molar-refractivity contribution in [3.63, 3.8) is 0 Å². The first-order chi connectivity index (χ1) is 15.1. The normalized spacial score (nSPS) is 14.4. The molecule has 1 N–H and O–H groups in total. The first-order valence-corrected chi connectivity index (χ1v) is 10.9. The zero-order chi connectivity index (χ0) is 21.4. The predicted molar refractivity (Wildman–Crippen MR) is 129 cm³/mol. The predicted octanol–water partition coefficient (Wildman–Crippen LogP) is 6.35. The lowest BCUT2D eigenvalue weighted by atomic mass is 10.1. The number of allylic oxidation sites excluding steroid dienone is 1. The van der Waals surface area contributed by atoms with Crippen LogP contribution in [0.15, 0.2) is 82.8 Å². The number of nitrogens with zero attached hydrogens (tertiary/aromatic N) is 3. The molecular weight excluding hydrogens is 402 g/mol. The largest absolute Gasteiger partial charge is 0.493 e. The molecule has 2 heterocycles. The highest BCUT2D eigenvalue weighted by Crippen LogP contribution is 2.35. The van der Waals surface area contributed by atoms with E-state index in [1.54, 1.807) is 4.57 Å². The van der Waals surface area contributed by atoms with Gasteiger partial charge in [-0.15, -0.1) is 0 Å². The van der Waals surface area contributed by atoms with E-state index >= 15 is 0 Å². The molecule has 0 radical (unpaired) electrons. The number of para-hydroxylation sites is 3. The van der Waals surface area contributed by atoms with Gasteiger partial charge in [0.15, 0.2) is 4.80 Å². The smallest absolute Gasteiger partial charge is 0.215 e. The quantitative estimate of drug-likeness (QED) is 0.410. The molecule has 5 rings (SSSR count). The summed E-state index contributed by atoms with van der Waals surface area (Å²) in [5.74, 6) is 0.173. The summed E-state index contributed by atoms with van der Waals surface area (Å²) in [7, 11) is 0. The van der Waals surface area contributed by atoms with Crippen molar-refractivity contribution in [1.82, 2.24) is 4.57 Å². The molecule has 3 aromatic carbocycles. The van der Waals surface area contributed by atoms with Crippen molar-refractivity contribution >= 4 is 40.6 Å². The highest BCUT2D eigenvalue weighted by Gasteiger charge is 2.17. The van der Waals surface area contributed by atoms with E-state index < -0.39 is 0 Å². The van der Waals surface area contributed by atoms with Gasteiger partial charge in [-0.05, 0) is 49.2 Å². The molecule has 152 valence electrons. The van der Waals surface area contributed by atoms with Gasteiger partial charge in [0, 0.05) is 17.4 Å². The number of aromatic hydroxyl groups is 1. The zero-order valence-electron chi connectivity index (χ0n) is 17.3. The van der Waals surface area contributed by atoms with Crippen molar-refractivity contribution in [2.24, 2.45) is 9.98 Å². The van der Waals surface area contributed by atoms with Crippen LogP contribution in [-0.2, 0) is 0 Å². The Morgan fingerprint density at radius 3 is 2.39 bits per heavy atom. The molecular formula is C26H21N3OS. The van der Waals surface area contributed by atoms with E-state index in [0.29, 0.717) is 0 Å². The first-order valence-electron chi connectivity index (χ1n) is 10.1. The van der Waals surface area contributed by atoms with E-state index in [1.165, 1.54) is 11.3 Å². The third kappa shape index (κ3) is 3.53. The van der Waals surface area contributed by atoms with Crippen LogP contribution in [0.2, 0.25) is 0 Å². The van der Waals surface area contributed by atoms with Crippen molar-refractivity contribution < 1.29 is 5.11 Å². The van der Waals surface area contributed by atoms with Crippen molar-refractivity contribution in [2.45, 2.75) is 13.8 Å². The second-order valence-electron chi connectivity index (χ2n) is 7.47. The van der Waals surface area contributed by atoms with Crippen molar-refractivity contribution in [3.05, 3.63) is 99.2 Å². The number of aromatic nitrogens is 1. The molecule has 4 nitrogen and oxygen atoms in total. The van der Waals surface area contributed by atoms with E-state index in [-0.39, 0.29) is 5.88 Å². The monoisotopic (exact) mass is 423 g/mol. The van der Waals surface area contributed by atoms with Gasteiger partial charge in [0.25, 0.3) is 0 Å². The van der Waals surface area contributed by atoms with Crippen LogP contribution in [0.4, 0.5) is 11.4 Å². The van der Waals surface area contributed by atoms with Gasteiger partial charge < -0.3 is 5.11 Å². The number of aryl methyl sites for hydroxylation is 2. The number of benzene rings is 3. The second kappa shape index (κ2) is 7.85. The Morgan fingerprint density at radius 1 is 0.903 bits per heavy atom. The molecule has 0 aliphatic carbocycles. The fourth-order valence-electron chi connectivity index (χ4n) is 3.74. The highest BCUT2D eigenvalue weighted by molar-refractivity contribution is 7.10. The maximum atomic E-state index is 11.2. The second-order valence-corrected chi connectivity index (χ2v) is 8.48. The van der Waals surface area contributed by atoms with Crippen molar-refractivity contribution in [2.75, 3.05) is 0 Å². The van der Waals surface area contributed by atoms with E-state index in [1.807, 2.05) is 73.0 Å². The van der Waals surface area contributed by atoms with E-state index in [4.69, 9.17) is 4.99 Å². The number of rotatable bonds is 3. The number of fused-ring (bicyclic) bond motifs is 1. The van der Waals surface area contributed by atoms with Crippen LogP contribution in [0.3, 0.4) is 0 Å². The molecule has 1 aromatic heterocycles. The van der Waals surface area contributed by atoms with E-state index in [2.05, 4.69) is 31.0 Å². The fraction of sp³-hybridized carbons (Fsp3) is 0.0769. The summed E-state index contributed by atoms with van der Waals surface area (Å²) in [5, 5.41) is 11.2. The third-order valence-electron chi connectivity index (χ3n) is 5.33. The van der Waals surface area contributed by atoms with Crippen LogP contribution in [0.5, 0.6) is 5.88 Å². The number of aliphatic imine (C=N–C) groups is 1. The van der Waals surface area contributed by atoms with Crippen LogP contribution in [0, 0.1) is 13.8 Å². The van der Waals surface area contributed by atoms with E-state index in [0.717, 1.165) is 49.0 Å². The number of thiazole rings is 1. The summed E-state index contributed by atoms with van der Waals surface area (Å²) >= 11 is 1.46. The molecule has 1 aliphatic rings. The standard InChI is InChI=1S/C26H21N3OS/c1-17-9-8-10-18(2)24(17)28-26-29(20-11-4-3-5-12-20)25(30)23(31-26)15-19-16-27-22-14-7-6-13-21(19)22/h3-16,30H,1-2H3. The Kier molecular flexibility index (Phi) is 4.88. The minimum absolute atomic E-state index is 0.173. The van der Waals surface area contributed by atoms with Gasteiger partial charge in [0.2, 0.25) is 5.88 Å². The molecule has 4 aromatic rings. The Hall–Kier alpha value is -3.70. The first kappa shape index (κ1) is 19.3. The maximum Gasteiger partial charge on any atom is 0.215 e. The van der Waals surface area contributed by atoms with Crippen LogP contribution in [-0.4, -0.2) is 15.9 Å². The minimum Gasteiger partial charge on any atom is -0.493 e. The zero-order valence-corrected chi connectivity index (χ0v) is 18.1. The molecule has 1 aliphatic heterocycles. The fourth-order valence-corrected chi connectivity index (χ4v) is 4.73. The summed E-state index contributed by atoms with van der Waals surface area (Å²) in [5.41, 5.74) is 6.99. The van der Waals surface area contributed by atoms with Gasteiger partial charge in [0.05, 0.1) is 21.9 Å². The molecule has 0 unspecified atom stereocenters. The van der Waals surface area contributed by atoms with Gasteiger partial charge in [0.1, 0.15) is 0 Å². The molecule has 31 heavy (non-hydrogen) atoms. The Balaban J connectivity index is 1.74. The Morgan fingerprint density at radius 2 is 1.61 bits per heavy atom. The Labute approximate surface area is 184 Å². The van der Waals surface area contributed by atoms with Crippen LogP contribution in [0.1, 0.15) is 21.6 Å². The van der Waals surface area contributed by atoms with Gasteiger partial charge in [-0.1, -0.05) is 65.9 Å². The maximum absolute atomic E-state index is 11.2. The molecule has 0 atom stereocenters. The Bertz CT molecular complexity index is 1390. The third-order valence-corrected chi connectivity index (χ3v) is 6.31. The summed E-state index contributed by atoms with van der Waals surface area (Å²) in [6, 6.07) is 24.0. The van der Waals surface area contributed by atoms with Crippen molar-refractivity contribution in [3.8, 4) is 11.6 Å². The van der Waals surface area contributed by atoms with Crippen LogP contribution >= 0.6 is 11.3 Å². The molecule has 0 fully saturated rings. The van der Waals surface area contributed by atoms with Crippen molar-refractivity contribution in [1.29, 1.82) is 0 Å².